The van der Waals surface area contributed by atoms with Crippen molar-refractivity contribution in [3.63, 3.8) is 0 Å². The number of rotatable bonds is 3. The molecule has 6 nitrogen and oxygen atoms in total. The molecule has 1 aliphatic rings. The Morgan fingerprint density at radius 3 is 2.69 bits per heavy atom. The van der Waals surface area contributed by atoms with Crippen LogP contribution in [0.4, 0.5) is 19.3 Å². The Hall–Kier alpha value is -3.29. The molecule has 29 heavy (non-hydrogen) atoms. The second-order valence-electron chi connectivity index (χ2n) is 7.09. The van der Waals surface area contributed by atoms with Gasteiger partial charge in [0.15, 0.2) is 11.6 Å². The summed E-state index contributed by atoms with van der Waals surface area (Å²) in [5.41, 5.74) is 2.15. The summed E-state index contributed by atoms with van der Waals surface area (Å²) in [4.78, 5) is 18.9. The fraction of sp³-hybridized carbons (Fsp3) is 0.286. The lowest BCUT2D eigenvalue weighted by atomic mass is 10.0. The third kappa shape index (κ3) is 4.11. The van der Waals surface area contributed by atoms with Crippen molar-refractivity contribution in [3.05, 3.63) is 65.6 Å². The maximum Gasteiger partial charge on any atom is 0.322 e. The van der Waals surface area contributed by atoms with Gasteiger partial charge >= 0.3 is 6.03 Å². The minimum absolute atomic E-state index is 0.184. The minimum atomic E-state index is -1.02. The third-order valence-electron chi connectivity index (χ3n) is 4.97. The Balaban J connectivity index is 1.53. The lowest BCUT2D eigenvalue weighted by molar-refractivity contribution is 0.142. The smallest absolute Gasteiger partial charge is 0.322 e. The van der Waals surface area contributed by atoms with Crippen molar-refractivity contribution in [3.8, 4) is 11.4 Å². The van der Waals surface area contributed by atoms with Crippen LogP contribution in [0.25, 0.3) is 11.4 Å². The summed E-state index contributed by atoms with van der Waals surface area (Å²) in [6, 6.07) is 10.2. The van der Waals surface area contributed by atoms with Crippen molar-refractivity contribution < 1.29 is 18.1 Å². The molecule has 8 heteroatoms. The molecule has 1 atom stereocenters. The normalized spacial score (nSPS) is 16.7. The second-order valence-corrected chi connectivity index (χ2v) is 7.09. The molecule has 1 aliphatic heterocycles. The molecular weight excluding hydrogens is 378 g/mol. The molecule has 0 radical (unpaired) electrons. The number of nitrogens with zero attached hydrogens (tertiary/aromatic N) is 3. The largest absolute Gasteiger partial charge is 0.337 e. The van der Waals surface area contributed by atoms with Crippen LogP contribution in [0.5, 0.6) is 0 Å². The van der Waals surface area contributed by atoms with E-state index in [0.29, 0.717) is 24.7 Å². The van der Waals surface area contributed by atoms with Gasteiger partial charge in [-0.25, -0.2) is 13.6 Å². The highest BCUT2D eigenvalue weighted by molar-refractivity contribution is 5.89. The number of aryl methyl sites for hydroxylation is 1. The van der Waals surface area contributed by atoms with Gasteiger partial charge in [0.05, 0.1) is 0 Å². The number of likely N-dealkylation sites (tertiary alicyclic amines) is 1. The molecule has 2 amide bonds. The van der Waals surface area contributed by atoms with Gasteiger partial charge in [0, 0.05) is 23.9 Å². The zero-order valence-electron chi connectivity index (χ0n) is 15.9. The van der Waals surface area contributed by atoms with Gasteiger partial charge in [0.1, 0.15) is 6.04 Å². The molecule has 1 unspecified atom stereocenters. The zero-order valence-corrected chi connectivity index (χ0v) is 15.9. The maximum absolute atomic E-state index is 13.4. The number of aromatic nitrogens is 2. The standard InChI is InChI=1S/C21H20F2N4O2/c1-13-5-7-14(8-6-13)19-25-20(29-26-19)18-4-2-3-11-27(18)21(28)24-15-9-10-16(22)17(23)12-15/h5-10,12,18H,2-4,11H2,1H3,(H,24,28). The van der Waals surface area contributed by atoms with E-state index < -0.39 is 17.7 Å². The van der Waals surface area contributed by atoms with E-state index >= 15 is 0 Å². The number of piperidine rings is 1. The van der Waals surface area contributed by atoms with Gasteiger partial charge in [0.2, 0.25) is 11.7 Å². The van der Waals surface area contributed by atoms with Gasteiger partial charge in [-0.05, 0) is 38.3 Å². The van der Waals surface area contributed by atoms with Crippen LogP contribution in [-0.4, -0.2) is 27.6 Å². The highest BCUT2D eigenvalue weighted by Gasteiger charge is 2.32. The minimum Gasteiger partial charge on any atom is -0.337 e. The van der Waals surface area contributed by atoms with E-state index in [4.69, 9.17) is 4.52 Å². The number of anilines is 1. The van der Waals surface area contributed by atoms with Gasteiger partial charge in [-0.15, -0.1) is 0 Å². The van der Waals surface area contributed by atoms with Crippen molar-refractivity contribution in [2.45, 2.75) is 32.2 Å². The average molecular weight is 398 g/mol. The maximum atomic E-state index is 13.4. The summed E-state index contributed by atoms with van der Waals surface area (Å²) in [6.07, 6.45) is 2.43. The van der Waals surface area contributed by atoms with Gasteiger partial charge in [0.25, 0.3) is 0 Å². The van der Waals surface area contributed by atoms with Gasteiger partial charge < -0.3 is 14.7 Å². The van der Waals surface area contributed by atoms with E-state index in [-0.39, 0.29) is 11.7 Å². The Kier molecular flexibility index (Phi) is 5.24. The van der Waals surface area contributed by atoms with Crippen LogP contribution >= 0.6 is 0 Å². The molecule has 1 aromatic heterocycles. The predicted octanol–water partition coefficient (Wildman–Crippen LogP) is 5.08. The van der Waals surface area contributed by atoms with E-state index in [1.807, 2.05) is 31.2 Å². The SMILES string of the molecule is Cc1ccc(-c2noc(C3CCCCN3C(=O)Nc3ccc(F)c(F)c3)n2)cc1. The molecule has 1 N–H and O–H groups in total. The molecule has 1 saturated heterocycles. The molecule has 0 spiro atoms. The fourth-order valence-corrected chi connectivity index (χ4v) is 3.39. The molecule has 3 aromatic rings. The first kappa shape index (κ1) is 19.0. The van der Waals surface area contributed by atoms with Crippen LogP contribution in [0.15, 0.2) is 47.0 Å². The number of benzene rings is 2. The Morgan fingerprint density at radius 1 is 1.14 bits per heavy atom. The summed E-state index contributed by atoms with van der Waals surface area (Å²) in [7, 11) is 0. The highest BCUT2D eigenvalue weighted by Crippen LogP contribution is 2.31. The van der Waals surface area contributed by atoms with Crippen molar-refractivity contribution in [1.82, 2.24) is 15.0 Å². The van der Waals surface area contributed by atoms with Crippen LogP contribution < -0.4 is 5.32 Å². The third-order valence-corrected chi connectivity index (χ3v) is 4.97. The molecular formula is C21H20F2N4O2. The Bertz CT molecular complexity index is 1020. The number of urea groups is 1. The monoisotopic (exact) mass is 398 g/mol. The van der Waals surface area contributed by atoms with Gasteiger partial charge in [-0.2, -0.15) is 4.98 Å². The van der Waals surface area contributed by atoms with Crippen LogP contribution in [0.2, 0.25) is 0 Å². The first-order valence-electron chi connectivity index (χ1n) is 9.44. The van der Waals surface area contributed by atoms with Crippen molar-refractivity contribution in [2.75, 3.05) is 11.9 Å². The summed E-state index contributed by atoms with van der Waals surface area (Å²) < 4.78 is 32.0. The summed E-state index contributed by atoms with van der Waals surface area (Å²) >= 11 is 0. The number of nitrogens with one attached hydrogen (secondary N) is 1. The molecule has 2 aromatic carbocycles. The molecule has 4 rings (SSSR count). The second kappa shape index (κ2) is 7.98. The quantitative estimate of drug-likeness (QED) is 0.668. The summed E-state index contributed by atoms with van der Waals surface area (Å²) in [5.74, 6) is -1.15. The number of hydrogen-bond donors (Lipinski definition) is 1. The van der Waals surface area contributed by atoms with E-state index in [0.717, 1.165) is 36.1 Å². The zero-order chi connectivity index (χ0) is 20.4. The molecule has 1 fully saturated rings. The Labute approximate surface area is 166 Å². The van der Waals surface area contributed by atoms with Gasteiger partial charge in [-0.3, -0.25) is 0 Å². The predicted molar refractivity (Wildman–Crippen MR) is 103 cm³/mol. The van der Waals surface area contributed by atoms with Crippen molar-refractivity contribution >= 4 is 11.7 Å². The fourth-order valence-electron chi connectivity index (χ4n) is 3.39. The number of amides is 2. The lowest BCUT2D eigenvalue weighted by Gasteiger charge is -2.33. The topological polar surface area (TPSA) is 71.3 Å². The van der Waals surface area contributed by atoms with Crippen LogP contribution in [0.3, 0.4) is 0 Å². The van der Waals surface area contributed by atoms with E-state index in [2.05, 4.69) is 15.5 Å². The lowest BCUT2D eigenvalue weighted by Crippen LogP contribution is -2.41. The van der Waals surface area contributed by atoms with Crippen LogP contribution in [-0.2, 0) is 0 Å². The first-order chi connectivity index (χ1) is 14.0. The first-order valence-corrected chi connectivity index (χ1v) is 9.44. The van der Waals surface area contributed by atoms with E-state index in [1.54, 1.807) is 4.90 Å². The summed E-state index contributed by atoms with van der Waals surface area (Å²) in [5, 5.41) is 6.67. The molecule has 0 bridgehead atoms. The van der Waals surface area contributed by atoms with E-state index in [9.17, 15) is 13.6 Å². The summed E-state index contributed by atoms with van der Waals surface area (Å²) in [6.45, 7) is 2.50. The number of carbonyl (C=O) groups excluding carboxylic acids is 1. The molecule has 0 saturated carbocycles. The number of carbonyl (C=O) groups is 1. The number of halogens is 2. The average Bonchev–Trinajstić information content (AvgIpc) is 3.21. The van der Waals surface area contributed by atoms with Crippen molar-refractivity contribution in [2.24, 2.45) is 0 Å². The Morgan fingerprint density at radius 2 is 1.93 bits per heavy atom. The van der Waals surface area contributed by atoms with Gasteiger partial charge in [-0.1, -0.05) is 35.0 Å². The molecule has 0 aliphatic carbocycles. The van der Waals surface area contributed by atoms with Crippen LogP contribution in [0.1, 0.15) is 36.8 Å². The van der Waals surface area contributed by atoms with Crippen LogP contribution in [0, 0.1) is 18.6 Å². The molecule has 2 heterocycles. The van der Waals surface area contributed by atoms with E-state index in [1.165, 1.54) is 6.07 Å². The molecule has 150 valence electrons. The highest BCUT2D eigenvalue weighted by atomic mass is 19.2. The number of hydrogen-bond acceptors (Lipinski definition) is 4. The van der Waals surface area contributed by atoms with Crippen molar-refractivity contribution in [1.29, 1.82) is 0 Å².